The Kier molecular flexibility index (Phi) is 13.3. The number of unbranched alkanes of at least 4 members (excludes halogenated alkanes) is 2. The van der Waals surface area contributed by atoms with Gasteiger partial charge in [0.15, 0.2) is 11.2 Å². The molecule has 15 heteroatoms. The van der Waals surface area contributed by atoms with Crippen molar-refractivity contribution < 1.29 is 19.1 Å². The number of nitrogens with zero attached hydrogens (tertiary/aromatic N) is 4. The van der Waals surface area contributed by atoms with E-state index in [1.807, 2.05) is 6.07 Å². The number of H-pyrrole nitrogens is 1. The van der Waals surface area contributed by atoms with Crippen molar-refractivity contribution in [1.29, 1.82) is 5.26 Å². The number of rotatable bonds is 18. The summed E-state index contributed by atoms with van der Waals surface area (Å²) < 4.78 is 5.56. The number of amides is 3. The first-order valence-electron chi connectivity index (χ1n) is 15.6. The van der Waals surface area contributed by atoms with E-state index in [2.05, 4.69) is 41.2 Å². The zero-order valence-corrected chi connectivity index (χ0v) is 26.4. The van der Waals surface area contributed by atoms with Crippen molar-refractivity contribution in [3.05, 3.63) is 87.5 Å². The molecule has 3 amide bonds. The van der Waals surface area contributed by atoms with Gasteiger partial charge in [-0.25, -0.2) is 9.97 Å². The van der Waals surface area contributed by atoms with Gasteiger partial charge in [0.05, 0.1) is 36.7 Å². The predicted molar refractivity (Wildman–Crippen MR) is 179 cm³/mol. The highest BCUT2D eigenvalue weighted by molar-refractivity contribution is 5.95. The van der Waals surface area contributed by atoms with E-state index < -0.39 is 5.56 Å². The van der Waals surface area contributed by atoms with E-state index in [-0.39, 0.29) is 41.3 Å². The molecule has 250 valence electrons. The van der Waals surface area contributed by atoms with Crippen LogP contribution in [0.5, 0.6) is 0 Å². The van der Waals surface area contributed by atoms with Gasteiger partial charge in [-0.15, -0.1) is 0 Å². The molecule has 0 spiro atoms. The van der Waals surface area contributed by atoms with Gasteiger partial charge >= 0.3 is 0 Å². The number of carbonyl (C=O) groups is 3. The van der Waals surface area contributed by atoms with Crippen LogP contribution < -0.4 is 32.6 Å². The van der Waals surface area contributed by atoms with Gasteiger partial charge in [0, 0.05) is 49.5 Å². The largest absolute Gasteiger partial charge is 0.380 e. The second kappa shape index (κ2) is 18.3. The van der Waals surface area contributed by atoms with Crippen LogP contribution in [0.25, 0.3) is 11.2 Å². The van der Waals surface area contributed by atoms with Crippen molar-refractivity contribution in [1.82, 2.24) is 35.9 Å². The molecule has 15 nitrogen and oxygen atoms in total. The minimum atomic E-state index is -0.462. The Balaban J connectivity index is 0.995. The molecule has 48 heavy (non-hydrogen) atoms. The van der Waals surface area contributed by atoms with Crippen molar-refractivity contribution >= 4 is 40.5 Å². The summed E-state index contributed by atoms with van der Waals surface area (Å²) in [5.74, 6) is -0.572. The average Bonchev–Trinajstić information content (AvgIpc) is 3.10. The molecule has 0 fully saturated rings. The molecule has 2 heterocycles. The number of ether oxygens (including phenoxy) is 1. The molecule has 0 radical (unpaired) electrons. The van der Waals surface area contributed by atoms with Gasteiger partial charge < -0.3 is 31.7 Å². The van der Waals surface area contributed by atoms with Gasteiger partial charge in [0.25, 0.3) is 17.4 Å². The van der Waals surface area contributed by atoms with E-state index in [9.17, 15) is 19.2 Å². The van der Waals surface area contributed by atoms with E-state index in [1.54, 1.807) is 48.5 Å². The second-order valence-electron chi connectivity index (χ2n) is 10.7. The van der Waals surface area contributed by atoms with Crippen LogP contribution in [0.3, 0.4) is 0 Å². The Hall–Kier alpha value is -5.88. The Morgan fingerprint density at radius 1 is 0.875 bits per heavy atom. The van der Waals surface area contributed by atoms with Gasteiger partial charge in [0.2, 0.25) is 11.9 Å². The number of nitrogens with one attached hydrogen (secondary N) is 5. The molecule has 4 rings (SSSR count). The Morgan fingerprint density at radius 3 is 2.44 bits per heavy atom. The molecule has 0 aliphatic rings. The molecule has 0 bridgehead atoms. The summed E-state index contributed by atoms with van der Waals surface area (Å²) in [5, 5.41) is 20.6. The van der Waals surface area contributed by atoms with Gasteiger partial charge in [-0.2, -0.15) is 10.2 Å². The fourth-order valence-electron chi connectivity index (χ4n) is 4.53. The fraction of sp³-hybridized carbons (Fsp3) is 0.333. The van der Waals surface area contributed by atoms with Crippen molar-refractivity contribution in [3.63, 3.8) is 0 Å². The van der Waals surface area contributed by atoms with Gasteiger partial charge in [-0.05, 0) is 68.1 Å². The number of carbonyl (C=O) groups excluding carboxylic acids is 3. The lowest BCUT2D eigenvalue weighted by atomic mass is 10.1. The Labute approximate surface area is 276 Å². The molecular weight excluding hydrogens is 616 g/mol. The fourth-order valence-corrected chi connectivity index (χ4v) is 4.53. The lowest BCUT2D eigenvalue weighted by Gasteiger charge is -2.09. The van der Waals surface area contributed by atoms with E-state index >= 15 is 0 Å². The SMILES string of the molecule is N#Cc1cccc(C(=O)NCCCCCOCCNC(=O)CCCNC(=O)c2ccc(NCc3cnc4nc(N)[nH]c(=O)c4n3)cc2)c1. The summed E-state index contributed by atoms with van der Waals surface area (Å²) >= 11 is 0. The standard InChI is InChI=1S/C33H38N10O5/c34-19-22-6-4-7-24(18-22)31(46)37-13-2-1-3-16-48-17-15-36-27(44)8-5-14-38-30(45)23-9-11-25(12-10-23)39-20-26-21-40-29-28(41-26)32(47)43-33(35)42-29/h4,6-7,9-12,18,21,39H,1-3,5,8,13-17,20H2,(H,36,44)(H,37,46)(H,38,45)(H3,35,40,42,43,47). The summed E-state index contributed by atoms with van der Waals surface area (Å²) in [7, 11) is 0. The molecule has 0 atom stereocenters. The molecule has 2 aromatic carbocycles. The minimum absolute atomic E-state index is 0.0245. The van der Waals surface area contributed by atoms with Crippen LogP contribution in [0.1, 0.15) is 64.1 Å². The number of nitriles is 1. The van der Waals surface area contributed by atoms with E-state index in [4.69, 9.17) is 15.7 Å². The third-order valence-electron chi connectivity index (χ3n) is 7.05. The second-order valence-corrected chi connectivity index (χ2v) is 10.7. The first-order valence-corrected chi connectivity index (χ1v) is 15.6. The summed E-state index contributed by atoms with van der Waals surface area (Å²) in [6, 6.07) is 15.5. The Bertz CT molecular complexity index is 1800. The monoisotopic (exact) mass is 654 g/mol. The van der Waals surface area contributed by atoms with Crippen LogP contribution in [0.15, 0.2) is 59.5 Å². The molecule has 2 aromatic heterocycles. The van der Waals surface area contributed by atoms with E-state index in [0.717, 1.165) is 24.9 Å². The number of aromatic amines is 1. The van der Waals surface area contributed by atoms with Crippen LogP contribution in [-0.4, -0.2) is 70.5 Å². The van der Waals surface area contributed by atoms with Crippen LogP contribution in [0, 0.1) is 11.3 Å². The maximum Gasteiger partial charge on any atom is 0.280 e. The third kappa shape index (κ3) is 11.2. The number of fused-ring (bicyclic) bond motifs is 1. The maximum absolute atomic E-state index is 12.5. The van der Waals surface area contributed by atoms with Crippen molar-refractivity contribution in [2.45, 2.75) is 38.6 Å². The molecule has 0 saturated heterocycles. The summed E-state index contributed by atoms with van der Waals surface area (Å²) in [5.41, 5.74) is 8.03. The van der Waals surface area contributed by atoms with E-state index in [0.29, 0.717) is 68.2 Å². The summed E-state index contributed by atoms with van der Waals surface area (Å²) in [6.07, 6.45) is 4.82. The molecule has 0 saturated carbocycles. The molecular formula is C33H38N10O5. The summed E-state index contributed by atoms with van der Waals surface area (Å²) in [4.78, 5) is 63.5. The topological polar surface area (TPSA) is 230 Å². The number of hydrogen-bond acceptors (Lipinski definition) is 11. The average molecular weight is 655 g/mol. The first kappa shape index (κ1) is 35.0. The molecule has 0 unspecified atom stereocenters. The number of benzene rings is 2. The smallest absolute Gasteiger partial charge is 0.280 e. The molecule has 0 aliphatic carbocycles. The van der Waals surface area contributed by atoms with Crippen LogP contribution in [-0.2, 0) is 16.1 Å². The van der Waals surface area contributed by atoms with Gasteiger partial charge in [-0.1, -0.05) is 6.07 Å². The maximum atomic E-state index is 12.5. The van der Waals surface area contributed by atoms with Gasteiger partial charge in [0.1, 0.15) is 0 Å². The van der Waals surface area contributed by atoms with Crippen molar-refractivity contribution in [2.75, 3.05) is 43.9 Å². The van der Waals surface area contributed by atoms with Crippen LogP contribution in [0.4, 0.5) is 11.6 Å². The third-order valence-corrected chi connectivity index (χ3v) is 7.05. The normalized spacial score (nSPS) is 10.6. The minimum Gasteiger partial charge on any atom is -0.380 e. The van der Waals surface area contributed by atoms with Crippen molar-refractivity contribution in [2.24, 2.45) is 0 Å². The first-order chi connectivity index (χ1) is 23.3. The number of anilines is 2. The number of aromatic nitrogens is 4. The Morgan fingerprint density at radius 2 is 1.65 bits per heavy atom. The highest BCUT2D eigenvalue weighted by Crippen LogP contribution is 2.12. The predicted octanol–water partition coefficient (Wildman–Crippen LogP) is 2.02. The number of hydrogen-bond donors (Lipinski definition) is 6. The molecule has 4 aromatic rings. The van der Waals surface area contributed by atoms with E-state index in [1.165, 1.54) is 6.20 Å². The van der Waals surface area contributed by atoms with Crippen molar-refractivity contribution in [3.8, 4) is 6.07 Å². The number of nitrogens with two attached hydrogens (primary N) is 1. The van der Waals surface area contributed by atoms with Crippen LogP contribution in [0.2, 0.25) is 0 Å². The van der Waals surface area contributed by atoms with Crippen LogP contribution >= 0.6 is 0 Å². The summed E-state index contributed by atoms with van der Waals surface area (Å²) in [6.45, 7) is 2.57. The zero-order chi connectivity index (χ0) is 34.1. The zero-order valence-electron chi connectivity index (χ0n) is 26.4. The quantitative estimate of drug-likeness (QED) is 0.0850. The van der Waals surface area contributed by atoms with Gasteiger partial charge in [-0.3, -0.25) is 24.2 Å². The highest BCUT2D eigenvalue weighted by Gasteiger charge is 2.09. The molecule has 0 aliphatic heterocycles. The number of nitrogen functional groups attached to an aromatic ring is 1. The molecule has 7 N–H and O–H groups in total. The highest BCUT2D eigenvalue weighted by atomic mass is 16.5. The lowest BCUT2D eigenvalue weighted by molar-refractivity contribution is -0.121. The lowest BCUT2D eigenvalue weighted by Crippen LogP contribution is -2.29.